The van der Waals surface area contributed by atoms with Gasteiger partial charge >= 0.3 is 12.1 Å². The Hall–Kier alpha value is -2.71. The second kappa shape index (κ2) is 8.99. The van der Waals surface area contributed by atoms with Crippen molar-refractivity contribution in [2.24, 2.45) is 5.92 Å². The maximum atomic E-state index is 13.5. The second-order valence-corrected chi connectivity index (χ2v) is 7.49. The summed E-state index contributed by atoms with van der Waals surface area (Å²) in [6, 6.07) is 3.18. The highest BCUT2D eigenvalue weighted by Crippen LogP contribution is 2.21. The van der Waals surface area contributed by atoms with Crippen LogP contribution in [0.5, 0.6) is 0 Å². The summed E-state index contributed by atoms with van der Waals surface area (Å²) >= 11 is 0. The lowest BCUT2D eigenvalue weighted by Gasteiger charge is -2.32. The fraction of sp³-hybridized carbons (Fsp3) is 0.526. The molecule has 0 bridgehead atoms. The van der Waals surface area contributed by atoms with Gasteiger partial charge in [-0.2, -0.15) is 0 Å². The van der Waals surface area contributed by atoms with E-state index >= 15 is 0 Å². The largest absolute Gasteiger partial charge is 0.455 e. The molecule has 0 saturated carbocycles. The quantitative estimate of drug-likeness (QED) is 0.788. The first-order chi connectivity index (χ1) is 13.1. The van der Waals surface area contributed by atoms with E-state index in [9.17, 15) is 23.2 Å². The molecule has 1 saturated heterocycles. The Bertz CT molecular complexity index is 720. The maximum absolute atomic E-state index is 13.5. The molecule has 0 atom stereocenters. The number of hydrogen-bond donors (Lipinski definition) is 1. The first-order valence-corrected chi connectivity index (χ1v) is 8.95. The van der Waals surface area contributed by atoms with Crippen LogP contribution < -0.4 is 5.32 Å². The van der Waals surface area contributed by atoms with E-state index in [1.807, 2.05) is 5.32 Å². The number of ether oxygens (including phenoxy) is 2. The van der Waals surface area contributed by atoms with Gasteiger partial charge in [0.05, 0.1) is 5.92 Å². The number of nitrogens with zero attached hydrogens (tertiary/aromatic N) is 1. The van der Waals surface area contributed by atoms with Crippen LogP contribution in [-0.2, 0) is 19.1 Å². The number of benzene rings is 1. The highest BCUT2D eigenvalue weighted by molar-refractivity contribution is 5.93. The number of rotatable bonds is 4. The summed E-state index contributed by atoms with van der Waals surface area (Å²) in [6.07, 6.45) is 0.314. The highest BCUT2D eigenvalue weighted by atomic mass is 19.1. The Morgan fingerprint density at radius 3 is 2.25 bits per heavy atom. The monoisotopic (exact) mass is 398 g/mol. The summed E-state index contributed by atoms with van der Waals surface area (Å²) in [6.45, 7) is 5.33. The Labute approximate surface area is 162 Å². The molecule has 0 aliphatic carbocycles. The van der Waals surface area contributed by atoms with Gasteiger partial charge in [-0.15, -0.1) is 0 Å². The van der Waals surface area contributed by atoms with Gasteiger partial charge in [-0.25, -0.2) is 13.6 Å². The summed E-state index contributed by atoms with van der Waals surface area (Å²) in [5.74, 6) is -3.74. The van der Waals surface area contributed by atoms with Gasteiger partial charge in [0, 0.05) is 13.1 Å². The summed E-state index contributed by atoms with van der Waals surface area (Å²) in [7, 11) is 0. The smallest absolute Gasteiger partial charge is 0.410 e. The van der Waals surface area contributed by atoms with Gasteiger partial charge in [0.25, 0.3) is 5.91 Å². The van der Waals surface area contributed by atoms with Crippen LogP contribution in [0.4, 0.5) is 19.3 Å². The first kappa shape index (κ1) is 21.6. The van der Waals surface area contributed by atoms with E-state index in [4.69, 9.17) is 9.47 Å². The molecule has 1 aromatic carbocycles. The van der Waals surface area contributed by atoms with Crippen LogP contribution >= 0.6 is 0 Å². The van der Waals surface area contributed by atoms with E-state index in [0.717, 1.165) is 12.1 Å². The number of amides is 2. The van der Waals surface area contributed by atoms with Gasteiger partial charge in [0.2, 0.25) is 0 Å². The van der Waals surface area contributed by atoms with Crippen molar-refractivity contribution in [1.82, 2.24) is 4.90 Å². The minimum atomic E-state index is -0.922. The Morgan fingerprint density at radius 1 is 1.14 bits per heavy atom. The molecule has 1 aliphatic rings. The molecule has 28 heavy (non-hydrogen) atoms. The number of anilines is 1. The zero-order valence-electron chi connectivity index (χ0n) is 16.1. The van der Waals surface area contributed by atoms with Crippen molar-refractivity contribution >= 4 is 23.7 Å². The third kappa shape index (κ3) is 6.17. The lowest BCUT2D eigenvalue weighted by molar-refractivity contribution is -0.153. The third-order valence-electron chi connectivity index (χ3n) is 4.05. The molecule has 1 fully saturated rings. The van der Waals surface area contributed by atoms with E-state index < -0.39 is 53.4 Å². The Balaban J connectivity index is 1.77. The van der Waals surface area contributed by atoms with Gasteiger partial charge < -0.3 is 19.7 Å². The molecule has 0 unspecified atom stereocenters. The number of hydrogen-bond acceptors (Lipinski definition) is 5. The molecular formula is C19H24F2N2O5. The van der Waals surface area contributed by atoms with Crippen molar-refractivity contribution < 1.29 is 32.6 Å². The third-order valence-corrected chi connectivity index (χ3v) is 4.05. The van der Waals surface area contributed by atoms with Crippen LogP contribution in [0.25, 0.3) is 0 Å². The van der Waals surface area contributed by atoms with Crippen molar-refractivity contribution in [1.29, 1.82) is 0 Å². The van der Waals surface area contributed by atoms with Crippen LogP contribution in [0.15, 0.2) is 18.2 Å². The van der Waals surface area contributed by atoms with Crippen LogP contribution in [0.1, 0.15) is 33.6 Å². The van der Waals surface area contributed by atoms with Gasteiger partial charge in [-0.3, -0.25) is 9.59 Å². The summed E-state index contributed by atoms with van der Waals surface area (Å²) < 4.78 is 37.2. The van der Waals surface area contributed by atoms with E-state index in [1.165, 1.54) is 11.0 Å². The molecule has 7 nitrogen and oxygen atoms in total. The number of likely N-dealkylation sites (tertiary alicyclic amines) is 1. The molecule has 1 heterocycles. The van der Waals surface area contributed by atoms with Gasteiger partial charge in [0.15, 0.2) is 6.61 Å². The molecule has 0 radical (unpaired) electrons. The van der Waals surface area contributed by atoms with Crippen molar-refractivity contribution in [3.8, 4) is 0 Å². The van der Waals surface area contributed by atoms with Gasteiger partial charge in [-0.05, 0) is 45.7 Å². The number of nitrogens with one attached hydrogen (secondary N) is 1. The van der Waals surface area contributed by atoms with Gasteiger partial charge in [-0.1, -0.05) is 6.07 Å². The summed E-state index contributed by atoms with van der Waals surface area (Å²) in [5, 5.41) is 2.04. The second-order valence-electron chi connectivity index (χ2n) is 7.49. The minimum Gasteiger partial charge on any atom is -0.455 e. The molecule has 0 spiro atoms. The molecule has 0 aromatic heterocycles. The average Bonchev–Trinajstić information content (AvgIpc) is 2.61. The Morgan fingerprint density at radius 2 is 1.71 bits per heavy atom. The summed E-state index contributed by atoms with van der Waals surface area (Å²) in [4.78, 5) is 37.4. The van der Waals surface area contributed by atoms with Crippen molar-refractivity contribution in [2.45, 2.75) is 39.2 Å². The molecular weight excluding hydrogens is 374 g/mol. The number of carbonyl (C=O) groups is 3. The predicted octanol–water partition coefficient (Wildman–Crippen LogP) is 3.09. The predicted molar refractivity (Wildman–Crippen MR) is 96.5 cm³/mol. The van der Waals surface area contributed by atoms with E-state index in [-0.39, 0.29) is 0 Å². The van der Waals surface area contributed by atoms with E-state index in [2.05, 4.69) is 0 Å². The van der Waals surface area contributed by atoms with E-state index in [0.29, 0.717) is 25.9 Å². The number of carbonyl (C=O) groups excluding carboxylic acids is 3. The molecule has 1 aliphatic heterocycles. The van der Waals surface area contributed by atoms with Gasteiger partial charge in [0.1, 0.15) is 22.9 Å². The maximum Gasteiger partial charge on any atom is 0.410 e. The first-order valence-electron chi connectivity index (χ1n) is 8.95. The molecule has 1 aromatic rings. The van der Waals surface area contributed by atoms with Crippen LogP contribution in [0.2, 0.25) is 0 Å². The SMILES string of the molecule is CC(C)(C)OC(=O)N1CCC(C(=O)OCC(=O)Nc2c(F)cccc2F)CC1. The number of halogens is 2. The minimum absolute atomic E-state index is 0.335. The fourth-order valence-electron chi connectivity index (χ4n) is 2.67. The fourth-order valence-corrected chi connectivity index (χ4v) is 2.67. The van der Waals surface area contributed by atoms with Crippen LogP contribution in [0, 0.1) is 17.6 Å². The van der Waals surface area contributed by atoms with Crippen LogP contribution in [-0.4, -0.2) is 48.2 Å². The van der Waals surface area contributed by atoms with Crippen LogP contribution in [0.3, 0.4) is 0 Å². The average molecular weight is 398 g/mol. The molecule has 2 amide bonds. The lowest BCUT2D eigenvalue weighted by Crippen LogP contribution is -2.43. The molecule has 9 heteroatoms. The number of para-hydroxylation sites is 1. The Kier molecular flexibility index (Phi) is 6.93. The number of piperidine rings is 1. The molecule has 2 rings (SSSR count). The normalized spacial score (nSPS) is 15.1. The highest BCUT2D eigenvalue weighted by Gasteiger charge is 2.31. The summed E-state index contributed by atoms with van der Waals surface area (Å²) in [5.41, 5.74) is -1.19. The van der Waals surface area contributed by atoms with E-state index in [1.54, 1.807) is 20.8 Å². The number of esters is 1. The van der Waals surface area contributed by atoms with Crippen molar-refractivity contribution in [3.05, 3.63) is 29.8 Å². The standard InChI is InChI=1S/C19H24F2N2O5/c1-19(2,3)28-18(26)23-9-7-12(8-10-23)17(25)27-11-15(24)22-16-13(20)5-4-6-14(16)21/h4-6,12H,7-11H2,1-3H3,(H,22,24). The zero-order chi connectivity index (χ0) is 20.9. The van der Waals surface area contributed by atoms with Crippen molar-refractivity contribution in [2.75, 3.05) is 25.0 Å². The zero-order valence-corrected chi connectivity index (χ0v) is 16.1. The molecule has 154 valence electrons. The molecule has 1 N–H and O–H groups in total. The lowest BCUT2D eigenvalue weighted by atomic mass is 9.97. The van der Waals surface area contributed by atoms with Crippen molar-refractivity contribution in [3.63, 3.8) is 0 Å². The topological polar surface area (TPSA) is 84.9 Å².